The van der Waals surface area contributed by atoms with Gasteiger partial charge in [-0.25, -0.2) is 0 Å². The molecule has 0 saturated carbocycles. The third-order valence-corrected chi connectivity index (χ3v) is 9.75. The topological polar surface area (TPSA) is 58.0 Å². The van der Waals surface area contributed by atoms with Gasteiger partial charge in [0.1, 0.15) is 0 Å². The van der Waals surface area contributed by atoms with E-state index >= 15 is 0 Å². The van der Waals surface area contributed by atoms with Crippen molar-refractivity contribution < 1.29 is 26.9 Å². The summed E-state index contributed by atoms with van der Waals surface area (Å²) in [4.78, 5) is 1.92. The summed E-state index contributed by atoms with van der Waals surface area (Å²) >= 11 is -1.83. The molecule has 2 unspecified atom stereocenters. The number of halogens is 4. The Balaban J connectivity index is 1.60. The number of piperidine rings is 1. The van der Waals surface area contributed by atoms with E-state index < -0.39 is 39.4 Å². The summed E-state index contributed by atoms with van der Waals surface area (Å²) < 4.78 is 74.7. The van der Waals surface area contributed by atoms with Gasteiger partial charge < -0.3 is 0 Å². The number of alkyl halides is 4. The fourth-order valence-electron chi connectivity index (χ4n) is 4.46. The van der Waals surface area contributed by atoms with Crippen LogP contribution in [0.3, 0.4) is 0 Å². The molecule has 2 N–H and O–H groups in total. The van der Waals surface area contributed by atoms with Gasteiger partial charge in [-0.2, -0.15) is 0 Å². The van der Waals surface area contributed by atoms with Crippen LogP contribution in [-0.4, -0.2) is 88.7 Å². The van der Waals surface area contributed by atoms with E-state index in [1.54, 1.807) is 55.9 Å². The molecule has 1 saturated heterocycles. The Bertz CT molecular complexity index is 1440. The first-order chi connectivity index (χ1) is 18.4. The van der Waals surface area contributed by atoms with Crippen LogP contribution in [0.4, 0.5) is 28.9 Å². The van der Waals surface area contributed by atoms with Crippen molar-refractivity contribution in [2.75, 3.05) is 57.8 Å². The zero-order valence-electron chi connectivity index (χ0n) is 22.1. The predicted octanol–water partition coefficient (Wildman–Crippen LogP) is 3.96. The number of hydrogen-bond acceptors (Lipinski definition) is 5. The van der Waals surface area contributed by atoms with E-state index in [1.807, 2.05) is 11.9 Å². The second-order valence-electron chi connectivity index (χ2n) is 9.80. The molecule has 3 heterocycles. The van der Waals surface area contributed by atoms with E-state index in [4.69, 9.17) is 4.74 Å². The molecule has 0 aliphatic carbocycles. The number of fused-ring (bicyclic) bond motifs is 1. The summed E-state index contributed by atoms with van der Waals surface area (Å²) in [6.45, 7) is 4.54. The van der Waals surface area contributed by atoms with Gasteiger partial charge in [0.25, 0.3) is 0 Å². The number of anilines is 2. The zero-order chi connectivity index (χ0) is 28.4. The maximum atomic E-state index is 14.7. The van der Waals surface area contributed by atoms with Crippen LogP contribution in [0.15, 0.2) is 42.6 Å². The summed E-state index contributed by atoms with van der Waals surface area (Å²) in [6.07, 6.45) is 1.09. The number of ether oxygens (including phenoxy) is 1. The molecule has 2 aromatic heterocycles. The molecular weight excluding hydrogens is 598 g/mol. The van der Waals surface area contributed by atoms with Gasteiger partial charge in [-0.15, -0.1) is 0 Å². The van der Waals surface area contributed by atoms with E-state index in [0.717, 1.165) is 6.54 Å². The molecule has 39 heavy (non-hydrogen) atoms. The van der Waals surface area contributed by atoms with Crippen LogP contribution in [0, 0.1) is 11.8 Å². The van der Waals surface area contributed by atoms with Crippen molar-refractivity contribution in [3.8, 4) is 17.6 Å². The Hall–Kier alpha value is -2.63. The monoisotopic (exact) mass is 630 g/mol. The van der Waals surface area contributed by atoms with Gasteiger partial charge in [-0.1, -0.05) is 0 Å². The van der Waals surface area contributed by atoms with Gasteiger partial charge in [0.15, 0.2) is 0 Å². The molecule has 1 aliphatic heterocycles. The van der Waals surface area contributed by atoms with Crippen LogP contribution >= 0.6 is 7.14 Å². The minimum atomic E-state index is -4.37. The van der Waals surface area contributed by atoms with Crippen molar-refractivity contribution in [3.05, 3.63) is 48.2 Å². The normalized spacial score (nSPS) is 18.5. The van der Waals surface area contributed by atoms with E-state index in [1.165, 1.54) is 11.5 Å². The molecule has 1 fully saturated rings. The van der Waals surface area contributed by atoms with Crippen molar-refractivity contribution in [1.29, 1.82) is 0 Å². The third-order valence-electron chi connectivity index (χ3n) is 6.46. The van der Waals surface area contributed by atoms with Crippen molar-refractivity contribution in [3.63, 3.8) is 0 Å². The van der Waals surface area contributed by atoms with Crippen molar-refractivity contribution in [1.82, 2.24) is 9.30 Å². The molecular formula is C27H31F4N4O2PSe. The molecule has 3 aromatic rings. The molecule has 0 bridgehead atoms. The molecule has 4 rings (SSSR count). The van der Waals surface area contributed by atoms with Gasteiger partial charge in [-0.05, 0) is 0 Å². The summed E-state index contributed by atoms with van der Waals surface area (Å²) in [6, 6.07) is 9.84. The number of likely N-dealkylation sites (tertiary alicyclic amines) is 1. The van der Waals surface area contributed by atoms with Crippen LogP contribution in [0.5, 0.6) is 5.75 Å². The van der Waals surface area contributed by atoms with Gasteiger partial charge in [0.05, 0.1) is 0 Å². The van der Waals surface area contributed by atoms with Crippen molar-refractivity contribution in [2.24, 2.45) is 0 Å². The number of methoxy groups -OCH3 is 1. The molecule has 2 atom stereocenters. The quantitative estimate of drug-likeness (QED) is 0.180. The minimum absolute atomic E-state index is 0.0879. The van der Waals surface area contributed by atoms with E-state index in [9.17, 15) is 22.1 Å². The Labute approximate surface area is 232 Å². The second-order valence-corrected chi connectivity index (χ2v) is 15.2. The van der Waals surface area contributed by atoms with E-state index in [0.29, 0.717) is 40.9 Å². The van der Waals surface area contributed by atoms with Crippen LogP contribution in [0.2, 0.25) is 0 Å². The molecule has 6 nitrogen and oxygen atoms in total. The molecule has 0 spiro atoms. The van der Waals surface area contributed by atoms with Crippen molar-refractivity contribution in [2.45, 2.75) is 23.7 Å². The first kappa shape index (κ1) is 29.4. The Morgan fingerprint density at radius 2 is 1.97 bits per heavy atom. The number of hydrogen-bond donors (Lipinski definition) is 2. The van der Waals surface area contributed by atoms with Crippen molar-refractivity contribution >= 4 is 48.9 Å². The average Bonchev–Trinajstić information content (AvgIpc) is 3.19. The average molecular weight is 629 g/mol. The first-order valence-corrected chi connectivity index (χ1v) is 16.6. The fourth-order valence-corrected chi connectivity index (χ4v) is 6.78. The SMILES string of the molecule is COc1cc(P(C)(C)=O)ccc1NCC#Cc1cc2c(NC3CCN(C)CC3F)cccn2c1[Se]C(F)(F)F. The third kappa shape index (κ3) is 7.32. The summed E-state index contributed by atoms with van der Waals surface area (Å²) in [5.41, 5.74) is 2.02. The number of rotatable bonds is 7. The van der Waals surface area contributed by atoms with E-state index in [-0.39, 0.29) is 16.7 Å². The molecule has 1 aromatic carbocycles. The van der Waals surface area contributed by atoms with Gasteiger partial charge in [0.2, 0.25) is 0 Å². The van der Waals surface area contributed by atoms with Crippen LogP contribution < -0.4 is 25.3 Å². The van der Waals surface area contributed by atoms with Crippen LogP contribution in [0.1, 0.15) is 12.0 Å². The first-order valence-electron chi connectivity index (χ1n) is 12.3. The summed E-state index contributed by atoms with van der Waals surface area (Å²) in [5.74, 6) is 6.33. The molecule has 0 radical (unpaired) electrons. The Morgan fingerprint density at radius 3 is 2.64 bits per heavy atom. The molecule has 12 heteroatoms. The Morgan fingerprint density at radius 1 is 1.21 bits per heavy atom. The molecule has 1 aliphatic rings. The standard InChI is InChI=1S/C27H31F4N4O2PSe/c1-34-14-11-21(20(28)17-34)33-22-8-6-13-35-24(22)15-18(26(35)39-27(29,30)31)7-5-12-32-23-10-9-19(38(3,4)36)16-25(23)37-2/h6,8-10,13,15-16,20-21,32-33H,11-12,14,17H2,1-4H3. The number of benzene rings is 1. The predicted molar refractivity (Wildman–Crippen MR) is 151 cm³/mol. The van der Waals surface area contributed by atoms with Gasteiger partial charge >= 0.3 is 232 Å². The maximum absolute atomic E-state index is 14.7. The number of nitrogens with zero attached hydrogens (tertiary/aromatic N) is 2. The molecule has 0 amide bonds. The molecule has 210 valence electrons. The van der Waals surface area contributed by atoms with E-state index in [2.05, 4.69) is 22.5 Å². The van der Waals surface area contributed by atoms with Gasteiger partial charge in [-0.3, -0.25) is 0 Å². The second kappa shape index (κ2) is 11.9. The van der Waals surface area contributed by atoms with Crippen LogP contribution in [-0.2, 0) is 4.57 Å². The number of pyridine rings is 1. The Kier molecular flexibility index (Phi) is 8.92. The zero-order valence-corrected chi connectivity index (χ0v) is 24.7. The van der Waals surface area contributed by atoms with Crippen LogP contribution in [0.25, 0.3) is 5.52 Å². The fraction of sp³-hybridized carbons (Fsp3) is 0.407. The number of aromatic nitrogens is 1. The van der Waals surface area contributed by atoms with Gasteiger partial charge in [0, 0.05) is 0 Å². The number of nitrogens with one attached hydrogen (secondary N) is 2. The summed E-state index contributed by atoms with van der Waals surface area (Å²) in [7, 11) is 0.903. The summed E-state index contributed by atoms with van der Waals surface area (Å²) in [5, 5.41) is 2.65.